The molecule has 0 aliphatic rings. The van der Waals surface area contributed by atoms with Crippen molar-refractivity contribution in [3.63, 3.8) is 0 Å². The molecule has 0 saturated carbocycles. The maximum atomic E-state index is 10.9. The monoisotopic (exact) mass is 215 g/mol. The van der Waals surface area contributed by atoms with Crippen LogP contribution in [0.1, 0.15) is 12.5 Å². The van der Waals surface area contributed by atoms with Gasteiger partial charge >= 0.3 is 0 Å². The van der Waals surface area contributed by atoms with E-state index in [-0.39, 0.29) is 4.90 Å². The van der Waals surface area contributed by atoms with Crippen LogP contribution < -0.4 is 5.14 Å². The molecule has 0 spiro atoms. The summed E-state index contributed by atoms with van der Waals surface area (Å²) in [5.74, 6) is 0. The van der Waals surface area contributed by atoms with Crippen molar-refractivity contribution in [2.24, 2.45) is 5.14 Å². The van der Waals surface area contributed by atoms with E-state index in [1.165, 1.54) is 12.1 Å². The number of sulfonamides is 1. The first-order valence-electron chi connectivity index (χ1n) is 4.19. The van der Waals surface area contributed by atoms with Crippen LogP contribution in [0.15, 0.2) is 29.2 Å². The predicted octanol–water partition coefficient (Wildman–Crippen LogP) is 0.257. The minimum Gasteiger partial charge on any atom is -0.393 e. The van der Waals surface area contributed by atoms with Crippen molar-refractivity contribution in [3.8, 4) is 0 Å². The molecule has 0 heterocycles. The summed E-state index contributed by atoms with van der Waals surface area (Å²) in [6, 6.07) is 6.17. The highest BCUT2D eigenvalue weighted by Gasteiger charge is 2.07. The minimum atomic E-state index is -3.61. The summed E-state index contributed by atoms with van der Waals surface area (Å²) in [6.45, 7) is 1.67. The van der Waals surface area contributed by atoms with Gasteiger partial charge in [-0.1, -0.05) is 12.1 Å². The Bertz CT molecular complexity index is 395. The fourth-order valence-electron chi connectivity index (χ4n) is 1.16. The first kappa shape index (κ1) is 11.2. The highest BCUT2D eigenvalue weighted by Crippen LogP contribution is 2.10. The molecule has 0 radical (unpaired) electrons. The van der Waals surface area contributed by atoms with E-state index in [1.807, 2.05) is 0 Å². The van der Waals surface area contributed by atoms with Gasteiger partial charge in [-0.15, -0.1) is 0 Å². The molecule has 3 N–H and O–H groups in total. The molecule has 1 rings (SSSR count). The number of nitrogens with two attached hydrogens (primary N) is 1. The van der Waals surface area contributed by atoms with E-state index in [4.69, 9.17) is 10.2 Å². The first-order valence-corrected chi connectivity index (χ1v) is 5.74. The van der Waals surface area contributed by atoms with Gasteiger partial charge in [0, 0.05) is 0 Å². The van der Waals surface area contributed by atoms with E-state index >= 15 is 0 Å². The smallest absolute Gasteiger partial charge is 0.238 e. The third-order valence-electron chi connectivity index (χ3n) is 1.78. The maximum absolute atomic E-state index is 10.9. The minimum absolute atomic E-state index is 0.0897. The third kappa shape index (κ3) is 3.10. The lowest BCUT2D eigenvalue weighted by Crippen LogP contribution is -2.12. The number of hydrogen-bond acceptors (Lipinski definition) is 3. The largest absolute Gasteiger partial charge is 0.393 e. The molecule has 1 aromatic carbocycles. The van der Waals surface area contributed by atoms with Gasteiger partial charge < -0.3 is 5.11 Å². The van der Waals surface area contributed by atoms with Crippen molar-refractivity contribution in [2.75, 3.05) is 0 Å². The SMILES string of the molecule is C[C@H](O)Cc1ccc(S(N)(=O)=O)cc1. The second-order valence-electron chi connectivity index (χ2n) is 3.24. The van der Waals surface area contributed by atoms with Crippen LogP contribution in [0, 0.1) is 0 Å². The zero-order chi connectivity index (χ0) is 10.8. The molecule has 0 aliphatic carbocycles. The average molecular weight is 215 g/mol. The second kappa shape index (κ2) is 4.08. The highest BCUT2D eigenvalue weighted by molar-refractivity contribution is 7.89. The first-order chi connectivity index (χ1) is 6.39. The summed E-state index contributed by atoms with van der Waals surface area (Å²) >= 11 is 0. The van der Waals surface area contributed by atoms with Crippen molar-refractivity contribution in [1.29, 1.82) is 0 Å². The summed E-state index contributed by atoms with van der Waals surface area (Å²) in [5.41, 5.74) is 0.882. The lowest BCUT2D eigenvalue weighted by Gasteiger charge is -2.04. The van der Waals surface area contributed by atoms with Crippen molar-refractivity contribution in [2.45, 2.75) is 24.3 Å². The zero-order valence-corrected chi connectivity index (χ0v) is 8.66. The van der Waals surface area contributed by atoms with Gasteiger partial charge in [0.2, 0.25) is 10.0 Å². The van der Waals surface area contributed by atoms with Crippen molar-refractivity contribution >= 4 is 10.0 Å². The second-order valence-corrected chi connectivity index (χ2v) is 4.80. The Morgan fingerprint density at radius 3 is 2.21 bits per heavy atom. The molecule has 1 aromatic rings. The molecule has 1 atom stereocenters. The topological polar surface area (TPSA) is 80.4 Å². The van der Waals surface area contributed by atoms with Crippen LogP contribution in [0.5, 0.6) is 0 Å². The van der Waals surface area contributed by atoms with Gasteiger partial charge in [-0.2, -0.15) is 0 Å². The number of benzene rings is 1. The molecule has 4 nitrogen and oxygen atoms in total. The van der Waals surface area contributed by atoms with Gasteiger partial charge in [0.1, 0.15) is 0 Å². The van der Waals surface area contributed by atoms with E-state index in [2.05, 4.69) is 0 Å². The Labute approximate surface area is 83.4 Å². The van der Waals surface area contributed by atoms with Crippen LogP contribution in [0.25, 0.3) is 0 Å². The quantitative estimate of drug-likeness (QED) is 0.758. The van der Waals surface area contributed by atoms with Gasteiger partial charge in [-0.25, -0.2) is 13.6 Å². The Balaban J connectivity index is 2.90. The van der Waals surface area contributed by atoms with Gasteiger partial charge in [-0.05, 0) is 31.0 Å². The summed E-state index contributed by atoms with van der Waals surface area (Å²) in [7, 11) is -3.61. The third-order valence-corrected chi connectivity index (χ3v) is 2.71. The zero-order valence-electron chi connectivity index (χ0n) is 7.84. The number of aliphatic hydroxyl groups excluding tert-OH is 1. The van der Waals surface area contributed by atoms with Crippen molar-refractivity contribution in [3.05, 3.63) is 29.8 Å². The molecule has 0 amide bonds. The Morgan fingerprint density at radius 1 is 1.36 bits per heavy atom. The highest BCUT2D eigenvalue weighted by atomic mass is 32.2. The molecule has 0 bridgehead atoms. The molecule has 14 heavy (non-hydrogen) atoms. The van der Waals surface area contributed by atoms with Crippen LogP contribution in [0.2, 0.25) is 0 Å². The van der Waals surface area contributed by atoms with Crippen LogP contribution in [0.3, 0.4) is 0 Å². The summed E-state index contributed by atoms with van der Waals surface area (Å²) < 4.78 is 21.8. The summed E-state index contributed by atoms with van der Waals surface area (Å²) in [5, 5.41) is 14.0. The number of aliphatic hydroxyl groups is 1. The molecule has 0 aliphatic heterocycles. The van der Waals surface area contributed by atoms with Crippen LogP contribution in [0.4, 0.5) is 0 Å². The molecule has 0 saturated heterocycles. The summed E-state index contributed by atoms with van der Waals surface area (Å²) in [6.07, 6.45) is 0.0700. The fourth-order valence-corrected chi connectivity index (χ4v) is 1.67. The van der Waals surface area contributed by atoms with E-state index in [1.54, 1.807) is 19.1 Å². The van der Waals surface area contributed by atoms with E-state index in [0.717, 1.165) is 5.56 Å². The normalized spacial score (nSPS) is 13.9. The molecule has 5 heteroatoms. The Hall–Kier alpha value is -0.910. The number of hydrogen-bond donors (Lipinski definition) is 2. The lowest BCUT2D eigenvalue weighted by molar-refractivity contribution is 0.195. The molecular formula is C9H13NO3S. The fraction of sp³-hybridized carbons (Fsp3) is 0.333. The van der Waals surface area contributed by atoms with Gasteiger partial charge in [0.05, 0.1) is 11.0 Å². The molecule has 78 valence electrons. The predicted molar refractivity (Wildman–Crippen MR) is 53.2 cm³/mol. The Morgan fingerprint density at radius 2 is 1.86 bits per heavy atom. The van der Waals surface area contributed by atoms with E-state index in [0.29, 0.717) is 6.42 Å². The Kier molecular flexibility index (Phi) is 3.25. The molecular weight excluding hydrogens is 202 g/mol. The van der Waals surface area contributed by atoms with Gasteiger partial charge in [0.15, 0.2) is 0 Å². The maximum Gasteiger partial charge on any atom is 0.238 e. The molecule has 0 unspecified atom stereocenters. The van der Waals surface area contributed by atoms with Crippen LogP contribution in [-0.2, 0) is 16.4 Å². The van der Waals surface area contributed by atoms with Gasteiger partial charge in [0.25, 0.3) is 0 Å². The molecule has 0 aromatic heterocycles. The van der Waals surface area contributed by atoms with Crippen molar-refractivity contribution < 1.29 is 13.5 Å². The van der Waals surface area contributed by atoms with E-state index in [9.17, 15) is 8.42 Å². The molecule has 0 fully saturated rings. The lowest BCUT2D eigenvalue weighted by atomic mass is 10.1. The van der Waals surface area contributed by atoms with Gasteiger partial charge in [-0.3, -0.25) is 0 Å². The number of rotatable bonds is 3. The van der Waals surface area contributed by atoms with Crippen molar-refractivity contribution in [1.82, 2.24) is 0 Å². The van der Waals surface area contributed by atoms with Crippen LogP contribution >= 0.6 is 0 Å². The van der Waals surface area contributed by atoms with E-state index < -0.39 is 16.1 Å². The van der Waals surface area contributed by atoms with Crippen LogP contribution in [-0.4, -0.2) is 19.6 Å². The summed E-state index contributed by atoms with van der Waals surface area (Å²) in [4.78, 5) is 0.0897. The number of primary sulfonamides is 1. The average Bonchev–Trinajstić information content (AvgIpc) is 2.02. The standard InChI is InChI=1S/C9H13NO3S/c1-7(11)6-8-2-4-9(5-3-8)14(10,12)13/h2-5,7,11H,6H2,1H3,(H2,10,12,13)/t7-/m0/s1.